The van der Waals surface area contributed by atoms with Crippen molar-refractivity contribution in [3.63, 3.8) is 0 Å². The highest BCUT2D eigenvalue weighted by atomic mass is 16.3. The maximum Gasteiger partial charge on any atom is 0.0931 e. The molecule has 0 radical (unpaired) electrons. The summed E-state index contributed by atoms with van der Waals surface area (Å²) in [5, 5.41) is 18.4. The van der Waals surface area contributed by atoms with Crippen molar-refractivity contribution in [3.05, 3.63) is 24.0 Å². The van der Waals surface area contributed by atoms with Crippen molar-refractivity contribution in [1.82, 2.24) is 4.98 Å². The van der Waals surface area contributed by atoms with E-state index in [0.29, 0.717) is 11.7 Å². The van der Waals surface area contributed by atoms with Gasteiger partial charge in [0.25, 0.3) is 0 Å². The maximum absolute atomic E-state index is 9.44. The number of rotatable bonds is 5. The van der Waals surface area contributed by atoms with Crippen LogP contribution in [0.3, 0.4) is 0 Å². The summed E-state index contributed by atoms with van der Waals surface area (Å²) >= 11 is 0. The van der Waals surface area contributed by atoms with Gasteiger partial charge in [-0.2, -0.15) is 0 Å². The van der Waals surface area contributed by atoms with Gasteiger partial charge in [-0.1, -0.05) is 0 Å². The minimum Gasteiger partial charge on any atom is -0.396 e. The normalized spacial score (nSPS) is 21.3. The van der Waals surface area contributed by atoms with Crippen LogP contribution in [0.1, 0.15) is 44.4 Å². The first kappa shape index (κ1) is 13.3. The van der Waals surface area contributed by atoms with Crippen LogP contribution in [0.2, 0.25) is 0 Å². The SMILES string of the molecule is C[C@@H](O)c1ccc(N2CCCC2CCCO)cn1. The van der Waals surface area contributed by atoms with Crippen LogP contribution in [0.25, 0.3) is 0 Å². The minimum absolute atomic E-state index is 0.267. The van der Waals surface area contributed by atoms with E-state index in [1.807, 2.05) is 18.3 Å². The summed E-state index contributed by atoms with van der Waals surface area (Å²) < 4.78 is 0. The number of hydrogen-bond acceptors (Lipinski definition) is 4. The van der Waals surface area contributed by atoms with Gasteiger partial charge in [0.2, 0.25) is 0 Å². The molecule has 18 heavy (non-hydrogen) atoms. The molecule has 0 amide bonds. The van der Waals surface area contributed by atoms with E-state index in [4.69, 9.17) is 5.11 Å². The van der Waals surface area contributed by atoms with Crippen LogP contribution < -0.4 is 4.90 Å². The monoisotopic (exact) mass is 250 g/mol. The largest absolute Gasteiger partial charge is 0.396 e. The molecule has 1 aliphatic rings. The zero-order valence-electron chi connectivity index (χ0n) is 10.9. The second kappa shape index (κ2) is 6.16. The van der Waals surface area contributed by atoms with Gasteiger partial charge < -0.3 is 15.1 Å². The molecular formula is C14H22N2O2. The lowest BCUT2D eigenvalue weighted by atomic mass is 10.1. The van der Waals surface area contributed by atoms with Gasteiger partial charge in [0, 0.05) is 19.2 Å². The predicted octanol–water partition coefficient (Wildman–Crippen LogP) is 1.88. The van der Waals surface area contributed by atoms with Crippen molar-refractivity contribution in [3.8, 4) is 0 Å². The molecule has 4 nitrogen and oxygen atoms in total. The molecular weight excluding hydrogens is 228 g/mol. The molecule has 1 aromatic rings. The summed E-state index contributed by atoms with van der Waals surface area (Å²) in [4.78, 5) is 6.67. The van der Waals surface area contributed by atoms with E-state index in [2.05, 4.69) is 9.88 Å². The van der Waals surface area contributed by atoms with Crippen molar-refractivity contribution in [2.24, 2.45) is 0 Å². The van der Waals surface area contributed by atoms with Crippen LogP contribution in [0.4, 0.5) is 5.69 Å². The van der Waals surface area contributed by atoms with Gasteiger partial charge in [-0.3, -0.25) is 4.98 Å². The highest BCUT2D eigenvalue weighted by Crippen LogP contribution is 2.28. The Hall–Kier alpha value is -1.13. The fourth-order valence-electron chi connectivity index (χ4n) is 2.62. The summed E-state index contributed by atoms with van der Waals surface area (Å²) in [5.74, 6) is 0. The molecule has 2 rings (SSSR count). The van der Waals surface area contributed by atoms with Crippen LogP contribution in [-0.2, 0) is 0 Å². The number of anilines is 1. The molecule has 100 valence electrons. The Morgan fingerprint density at radius 3 is 2.94 bits per heavy atom. The lowest BCUT2D eigenvalue weighted by molar-refractivity contribution is 0.194. The summed E-state index contributed by atoms with van der Waals surface area (Å²) in [7, 11) is 0. The van der Waals surface area contributed by atoms with E-state index < -0.39 is 6.10 Å². The fraction of sp³-hybridized carbons (Fsp3) is 0.643. The number of nitrogens with zero attached hydrogens (tertiary/aromatic N) is 2. The van der Waals surface area contributed by atoms with Crippen LogP contribution in [0.5, 0.6) is 0 Å². The Balaban J connectivity index is 2.05. The van der Waals surface area contributed by atoms with Crippen LogP contribution in [0, 0.1) is 0 Å². The molecule has 4 heteroatoms. The average molecular weight is 250 g/mol. The molecule has 1 unspecified atom stereocenters. The second-order valence-corrected chi connectivity index (χ2v) is 4.97. The second-order valence-electron chi connectivity index (χ2n) is 4.97. The molecule has 0 spiro atoms. The number of aliphatic hydroxyl groups excluding tert-OH is 2. The van der Waals surface area contributed by atoms with E-state index in [0.717, 1.165) is 25.1 Å². The van der Waals surface area contributed by atoms with Gasteiger partial charge in [0.05, 0.1) is 23.7 Å². The lowest BCUT2D eigenvalue weighted by Gasteiger charge is -2.26. The third-order valence-electron chi connectivity index (χ3n) is 3.60. The van der Waals surface area contributed by atoms with Crippen LogP contribution in [0.15, 0.2) is 18.3 Å². The first-order chi connectivity index (χ1) is 8.72. The number of pyridine rings is 1. The van der Waals surface area contributed by atoms with Crippen molar-refractivity contribution in [2.75, 3.05) is 18.1 Å². The summed E-state index contributed by atoms with van der Waals surface area (Å²) in [5.41, 5.74) is 1.84. The molecule has 1 saturated heterocycles. The van der Waals surface area contributed by atoms with E-state index in [1.54, 1.807) is 6.92 Å². The number of aromatic nitrogens is 1. The van der Waals surface area contributed by atoms with Crippen LogP contribution >= 0.6 is 0 Å². The van der Waals surface area contributed by atoms with E-state index in [9.17, 15) is 5.11 Å². The Morgan fingerprint density at radius 2 is 2.33 bits per heavy atom. The molecule has 2 N–H and O–H groups in total. The Bertz CT molecular complexity index is 365. The maximum atomic E-state index is 9.44. The molecule has 2 atom stereocenters. The third-order valence-corrected chi connectivity index (χ3v) is 3.60. The summed E-state index contributed by atoms with van der Waals surface area (Å²) in [6.45, 7) is 3.05. The topological polar surface area (TPSA) is 56.6 Å². The van der Waals surface area contributed by atoms with E-state index in [1.165, 1.54) is 12.8 Å². The molecule has 1 aliphatic heterocycles. The Kier molecular flexibility index (Phi) is 4.55. The van der Waals surface area contributed by atoms with E-state index in [-0.39, 0.29) is 6.61 Å². The van der Waals surface area contributed by atoms with Crippen molar-refractivity contribution in [1.29, 1.82) is 0 Å². The quantitative estimate of drug-likeness (QED) is 0.837. The van der Waals surface area contributed by atoms with Crippen molar-refractivity contribution in [2.45, 2.75) is 44.8 Å². The van der Waals surface area contributed by atoms with E-state index >= 15 is 0 Å². The van der Waals surface area contributed by atoms with Crippen molar-refractivity contribution >= 4 is 5.69 Å². The number of hydrogen-bond donors (Lipinski definition) is 2. The predicted molar refractivity (Wildman–Crippen MR) is 71.6 cm³/mol. The zero-order valence-corrected chi connectivity index (χ0v) is 10.9. The molecule has 1 aromatic heterocycles. The van der Waals surface area contributed by atoms with Gasteiger partial charge in [0.1, 0.15) is 0 Å². The highest BCUT2D eigenvalue weighted by molar-refractivity contribution is 5.46. The van der Waals surface area contributed by atoms with Gasteiger partial charge in [-0.25, -0.2) is 0 Å². The Morgan fingerprint density at radius 1 is 1.50 bits per heavy atom. The van der Waals surface area contributed by atoms with Gasteiger partial charge in [-0.15, -0.1) is 0 Å². The zero-order chi connectivity index (χ0) is 13.0. The molecule has 0 saturated carbocycles. The molecule has 0 aromatic carbocycles. The first-order valence-corrected chi connectivity index (χ1v) is 6.74. The number of aliphatic hydroxyl groups is 2. The third kappa shape index (κ3) is 3.00. The molecule has 1 fully saturated rings. The van der Waals surface area contributed by atoms with Gasteiger partial charge in [0.15, 0.2) is 0 Å². The van der Waals surface area contributed by atoms with Gasteiger partial charge >= 0.3 is 0 Å². The average Bonchev–Trinajstić information content (AvgIpc) is 2.84. The standard InChI is InChI=1S/C14H22N2O2/c1-11(18)14-7-6-13(10-15-14)16-8-2-4-12(16)5-3-9-17/h6-7,10-12,17-18H,2-5,8-9H2,1H3/t11-,12?/m1/s1. The first-order valence-electron chi connectivity index (χ1n) is 6.74. The summed E-state index contributed by atoms with van der Waals surface area (Å²) in [6.07, 6.45) is 5.63. The van der Waals surface area contributed by atoms with Gasteiger partial charge in [-0.05, 0) is 44.7 Å². The van der Waals surface area contributed by atoms with Crippen molar-refractivity contribution < 1.29 is 10.2 Å². The molecule has 0 aliphatic carbocycles. The molecule has 2 heterocycles. The Labute approximate surface area is 108 Å². The van der Waals surface area contributed by atoms with Crippen LogP contribution in [-0.4, -0.2) is 34.4 Å². The highest BCUT2D eigenvalue weighted by Gasteiger charge is 2.24. The smallest absolute Gasteiger partial charge is 0.0931 e. The summed E-state index contributed by atoms with van der Waals surface area (Å²) in [6, 6.07) is 4.45. The molecule has 0 bridgehead atoms. The minimum atomic E-state index is -0.511. The lowest BCUT2D eigenvalue weighted by Crippen LogP contribution is -2.29. The fourth-order valence-corrected chi connectivity index (χ4v) is 2.62.